The van der Waals surface area contributed by atoms with Crippen LogP contribution in [0.4, 0.5) is 0 Å². The number of carbonyl (C=O) groups is 4. The molecule has 0 rings (SSSR count). The number of aliphatic hydroxyl groups is 1. The van der Waals surface area contributed by atoms with Gasteiger partial charge in [-0.3, -0.25) is 37.3 Å². The first-order valence-electron chi connectivity index (χ1n) is 42.3. The molecule has 0 aliphatic carbocycles. The molecule has 2 unspecified atom stereocenters. The summed E-state index contributed by atoms with van der Waals surface area (Å²) in [6, 6.07) is 0. The van der Waals surface area contributed by atoms with Crippen LogP contribution in [0.2, 0.25) is 0 Å². The van der Waals surface area contributed by atoms with Gasteiger partial charge in [-0.1, -0.05) is 376 Å². The lowest BCUT2D eigenvalue weighted by Gasteiger charge is -2.21. The summed E-state index contributed by atoms with van der Waals surface area (Å²) in [6.07, 6.45) is 61.3. The molecule has 0 fully saturated rings. The molecule has 101 heavy (non-hydrogen) atoms. The van der Waals surface area contributed by atoms with Gasteiger partial charge in [0.2, 0.25) is 0 Å². The fourth-order valence-corrected chi connectivity index (χ4v) is 14.2. The number of ether oxygens (including phenoxy) is 4. The number of esters is 4. The maximum absolute atomic E-state index is 13.1. The molecule has 5 atom stereocenters. The van der Waals surface area contributed by atoms with E-state index in [1.54, 1.807) is 0 Å². The Bertz CT molecular complexity index is 1960. The van der Waals surface area contributed by atoms with Gasteiger partial charge in [0, 0.05) is 25.7 Å². The predicted molar refractivity (Wildman–Crippen MR) is 414 cm³/mol. The van der Waals surface area contributed by atoms with Gasteiger partial charge in [-0.05, 0) is 43.4 Å². The average Bonchev–Trinajstić information content (AvgIpc) is 0.952. The summed E-state index contributed by atoms with van der Waals surface area (Å²) in [7, 11) is -9.92. The Labute approximate surface area is 619 Å². The van der Waals surface area contributed by atoms with Crippen LogP contribution in [0.5, 0.6) is 0 Å². The summed E-state index contributed by atoms with van der Waals surface area (Å²) in [5.41, 5.74) is 0. The first-order valence-corrected chi connectivity index (χ1v) is 45.3. The van der Waals surface area contributed by atoms with Gasteiger partial charge >= 0.3 is 39.5 Å². The fourth-order valence-electron chi connectivity index (χ4n) is 12.7. The zero-order valence-corrected chi connectivity index (χ0v) is 68.2. The number of rotatable bonds is 80. The second kappa shape index (κ2) is 72.3. The molecular formula is C82H160O17P2. The number of unbranched alkanes of at least 4 members (excludes halogenated alkanes) is 48. The van der Waals surface area contributed by atoms with Crippen molar-refractivity contribution in [1.29, 1.82) is 0 Å². The summed E-state index contributed by atoms with van der Waals surface area (Å²) >= 11 is 0. The van der Waals surface area contributed by atoms with E-state index < -0.39 is 97.5 Å². The second-order valence-corrected chi connectivity index (χ2v) is 33.8. The van der Waals surface area contributed by atoms with Crippen LogP contribution in [-0.4, -0.2) is 96.7 Å². The summed E-state index contributed by atoms with van der Waals surface area (Å²) in [6.45, 7) is 11.9. The molecule has 600 valence electrons. The van der Waals surface area contributed by atoms with E-state index in [0.29, 0.717) is 31.6 Å². The lowest BCUT2D eigenvalue weighted by Crippen LogP contribution is -2.30. The maximum Gasteiger partial charge on any atom is 0.472 e. The number of aliphatic hydroxyl groups excluding tert-OH is 1. The molecule has 17 nitrogen and oxygen atoms in total. The monoisotopic (exact) mass is 1480 g/mol. The molecular weight excluding hydrogens is 1320 g/mol. The molecule has 0 aromatic carbocycles. The number of hydrogen-bond donors (Lipinski definition) is 3. The van der Waals surface area contributed by atoms with Crippen molar-refractivity contribution in [3.05, 3.63) is 0 Å². The van der Waals surface area contributed by atoms with Crippen molar-refractivity contribution in [2.24, 2.45) is 17.8 Å². The van der Waals surface area contributed by atoms with E-state index in [1.807, 2.05) is 0 Å². The third kappa shape index (κ3) is 76.1. The van der Waals surface area contributed by atoms with Crippen molar-refractivity contribution in [3.8, 4) is 0 Å². The summed E-state index contributed by atoms with van der Waals surface area (Å²) in [5, 5.41) is 10.6. The SMILES string of the molecule is CCCCCCCCCCCCCCCCCCCCCCCC(=O)O[C@H](COC(=O)CCCCCCCCCCCCCCCCC(C)C)COP(=O)(O)OC[C@@H](O)COP(=O)(O)OC[C@@H](COC(=O)CCCCCCCCC(C)C)OC(=O)CCCCCCCCCCCCCC(C)C. The molecule has 0 radical (unpaired) electrons. The van der Waals surface area contributed by atoms with Gasteiger partial charge in [-0.15, -0.1) is 0 Å². The normalized spacial score (nSPS) is 14.0. The lowest BCUT2D eigenvalue weighted by atomic mass is 10.0. The third-order valence-corrected chi connectivity index (χ3v) is 21.0. The molecule has 0 saturated heterocycles. The predicted octanol–water partition coefficient (Wildman–Crippen LogP) is 24.5. The Balaban J connectivity index is 5.21. The molecule has 0 saturated carbocycles. The number of hydrogen-bond acceptors (Lipinski definition) is 15. The minimum Gasteiger partial charge on any atom is -0.462 e. The van der Waals surface area contributed by atoms with Crippen LogP contribution in [0.25, 0.3) is 0 Å². The molecule has 0 aromatic rings. The first kappa shape index (κ1) is 99.1. The maximum atomic E-state index is 13.1. The highest BCUT2D eigenvalue weighted by molar-refractivity contribution is 7.47. The molecule has 0 amide bonds. The van der Waals surface area contributed by atoms with E-state index in [9.17, 15) is 43.2 Å². The molecule has 0 aromatic heterocycles. The number of phosphoric ester groups is 2. The zero-order chi connectivity index (χ0) is 74.4. The van der Waals surface area contributed by atoms with Crippen molar-refractivity contribution < 1.29 is 80.2 Å². The Morgan fingerprint density at radius 2 is 0.455 bits per heavy atom. The molecule has 0 bridgehead atoms. The Hall–Kier alpha value is -1.94. The second-order valence-electron chi connectivity index (χ2n) is 30.9. The van der Waals surface area contributed by atoms with Crippen LogP contribution in [0.3, 0.4) is 0 Å². The van der Waals surface area contributed by atoms with Crippen molar-refractivity contribution in [2.45, 2.75) is 446 Å². The fraction of sp³-hybridized carbons (Fsp3) is 0.951. The van der Waals surface area contributed by atoms with E-state index in [2.05, 4.69) is 48.5 Å². The van der Waals surface area contributed by atoms with Crippen molar-refractivity contribution >= 4 is 39.5 Å². The Morgan fingerprint density at radius 1 is 0.267 bits per heavy atom. The van der Waals surface area contributed by atoms with Crippen LogP contribution < -0.4 is 0 Å². The molecule has 0 aliphatic rings. The van der Waals surface area contributed by atoms with Crippen LogP contribution in [-0.2, 0) is 65.4 Å². The van der Waals surface area contributed by atoms with E-state index in [4.69, 9.17) is 37.0 Å². The highest BCUT2D eigenvalue weighted by Gasteiger charge is 2.30. The Kier molecular flexibility index (Phi) is 70.9. The quantitative estimate of drug-likeness (QED) is 0.0222. The van der Waals surface area contributed by atoms with Gasteiger partial charge in [-0.2, -0.15) is 0 Å². The largest absolute Gasteiger partial charge is 0.472 e. The topological polar surface area (TPSA) is 237 Å². The molecule has 19 heteroatoms. The summed E-state index contributed by atoms with van der Waals surface area (Å²) in [5.74, 6) is 0.131. The van der Waals surface area contributed by atoms with Crippen molar-refractivity contribution in [3.63, 3.8) is 0 Å². The Morgan fingerprint density at radius 3 is 0.673 bits per heavy atom. The minimum absolute atomic E-state index is 0.105. The number of carbonyl (C=O) groups excluding carboxylic acids is 4. The first-order chi connectivity index (χ1) is 48.7. The summed E-state index contributed by atoms with van der Waals surface area (Å²) < 4.78 is 68.7. The van der Waals surface area contributed by atoms with E-state index >= 15 is 0 Å². The van der Waals surface area contributed by atoms with Gasteiger partial charge in [0.1, 0.15) is 19.3 Å². The van der Waals surface area contributed by atoms with E-state index in [0.717, 1.165) is 108 Å². The van der Waals surface area contributed by atoms with Crippen LogP contribution >= 0.6 is 15.6 Å². The lowest BCUT2D eigenvalue weighted by molar-refractivity contribution is -0.161. The summed E-state index contributed by atoms with van der Waals surface area (Å²) in [4.78, 5) is 73.0. The number of phosphoric acid groups is 2. The van der Waals surface area contributed by atoms with Gasteiger partial charge < -0.3 is 33.8 Å². The van der Waals surface area contributed by atoms with E-state index in [-0.39, 0.29) is 25.7 Å². The van der Waals surface area contributed by atoms with Gasteiger partial charge in [0.05, 0.1) is 26.4 Å². The average molecular weight is 1480 g/mol. The standard InChI is InChI=1S/C82H160O17P2/c1-8-9-10-11-12-13-14-15-16-17-18-19-20-21-22-27-32-37-42-51-58-65-81(86)98-77(69-92-79(84)63-56-49-41-36-31-26-24-23-25-29-34-39-46-53-60-73(2)3)71-96-100(88,89)94-67-76(83)68-95-101(90,91)97-72-78(70-93-80(85)64-57-50-45-44-48-55-62-75(6)7)99-82(87)66-59-52-43-38-33-28-30-35-40-47-54-61-74(4)5/h73-78,83H,8-72H2,1-7H3,(H,88,89)(H,90,91)/t76-,77-,78-/m1/s1. The zero-order valence-electron chi connectivity index (χ0n) is 66.4. The van der Waals surface area contributed by atoms with Gasteiger partial charge in [0.15, 0.2) is 12.2 Å². The third-order valence-electron chi connectivity index (χ3n) is 19.1. The molecule has 0 aliphatic heterocycles. The van der Waals surface area contributed by atoms with Crippen LogP contribution in [0.1, 0.15) is 427 Å². The highest BCUT2D eigenvalue weighted by Crippen LogP contribution is 2.45. The van der Waals surface area contributed by atoms with Crippen molar-refractivity contribution in [2.75, 3.05) is 39.6 Å². The van der Waals surface area contributed by atoms with Crippen LogP contribution in [0, 0.1) is 17.8 Å². The van der Waals surface area contributed by atoms with Crippen molar-refractivity contribution in [1.82, 2.24) is 0 Å². The van der Waals surface area contributed by atoms with Gasteiger partial charge in [-0.25, -0.2) is 9.13 Å². The van der Waals surface area contributed by atoms with E-state index in [1.165, 1.54) is 231 Å². The van der Waals surface area contributed by atoms with Gasteiger partial charge in [0.25, 0.3) is 0 Å². The minimum atomic E-state index is -4.96. The van der Waals surface area contributed by atoms with Crippen LogP contribution in [0.15, 0.2) is 0 Å². The molecule has 3 N–H and O–H groups in total. The molecule has 0 spiro atoms. The molecule has 0 heterocycles. The highest BCUT2D eigenvalue weighted by atomic mass is 31.2. The smallest absolute Gasteiger partial charge is 0.462 e.